The maximum atomic E-state index is 11.7. The minimum atomic E-state index is -0.506. The van der Waals surface area contributed by atoms with Crippen molar-refractivity contribution in [2.75, 3.05) is 13.1 Å². The SMILES string of the molecule is CC(C)(C)OC(=O)NC[C@@H]1C[C@H](NC(=O)OC(C)(C)C)CN1. The minimum Gasteiger partial charge on any atom is -0.444 e. The van der Waals surface area contributed by atoms with E-state index < -0.39 is 23.4 Å². The Hall–Kier alpha value is -1.50. The van der Waals surface area contributed by atoms with E-state index in [1.807, 2.05) is 41.5 Å². The molecule has 0 spiro atoms. The Kier molecular flexibility index (Phi) is 6.05. The largest absolute Gasteiger partial charge is 0.444 e. The molecule has 2 amide bonds. The molecule has 0 radical (unpaired) electrons. The molecule has 128 valence electrons. The first-order chi connectivity index (χ1) is 9.94. The molecule has 0 bridgehead atoms. The fourth-order valence-corrected chi connectivity index (χ4v) is 2.08. The van der Waals surface area contributed by atoms with Crippen molar-refractivity contribution in [3.05, 3.63) is 0 Å². The van der Waals surface area contributed by atoms with Crippen molar-refractivity contribution >= 4 is 12.2 Å². The third-order valence-corrected chi connectivity index (χ3v) is 2.83. The maximum Gasteiger partial charge on any atom is 0.407 e. The van der Waals surface area contributed by atoms with E-state index in [-0.39, 0.29) is 12.1 Å². The summed E-state index contributed by atoms with van der Waals surface area (Å²) in [6, 6.07) is 0.104. The van der Waals surface area contributed by atoms with Gasteiger partial charge in [0.2, 0.25) is 0 Å². The quantitative estimate of drug-likeness (QED) is 0.738. The minimum absolute atomic E-state index is 0.000265. The van der Waals surface area contributed by atoms with Gasteiger partial charge in [-0.05, 0) is 48.0 Å². The highest BCUT2D eigenvalue weighted by Crippen LogP contribution is 2.10. The van der Waals surface area contributed by atoms with Crippen molar-refractivity contribution in [2.45, 2.75) is 71.2 Å². The van der Waals surface area contributed by atoms with Gasteiger partial charge in [-0.15, -0.1) is 0 Å². The van der Waals surface area contributed by atoms with Gasteiger partial charge in [0, 0.05) is 25.2 Å². The Bertz CT molecular complexity index is 399. The Labute approximate surface area is 132 Å². The molecule has 1 aliphatic rings. The molecular weight excluding hydrogens is 286 g/mol. The van der Waals surface area contributed by atoms with E-state index in [1.165, 1.54) is 0 Å². The van der Waals surface area contributed by atoms with E-state index in [9.17, 15) is 9.59 Å². The van der Waals surface area contributed by atoms with Crippen LogP contribution in [0.25, 0.3) is 0 Å². The average molecular weight is 315 g/mol. The lowest BCUT2D eigenvalue weighted by molar-refractivity contribution is 0.0496. The number of carbonyl (C=O) groups is 2. The second kappa shape index (κ2) is 7.17. The predicted octanol–water partition coefficient (Wildman–Crippen LogP) is 1.77. The smallest absolute Gasteiger partial charge is 0.407 e. The normalized spacial score (nSPS) is 22.1. The lowest BCUT2D eigenvalue weighted by Crippen LogP contribution is -2.40. The summed E-state index contributed by atoms with van der Waals surface area (Å²) in [5.41, 5.74) is -1.01. The molecule has 7 heteroatoms. The van der Waals surface area contributed by atoms with E-state index in [2.05, 4.69) is 16.0 Å². The van der Waals surface area contributed by atoms with Crippen molar-refractivity contribution < 1.29 is 19.1 Å². The molecule has 1 saturated heterocycles. The zero-order chi connectivity index (χ0) is 17.0. The van der Waals surface area contributed by atoms with E-state index in [4.69, 9.17) is 9.47 Å². The number of carbonyl (C=O) groups excluding carboxylic acids is 2. The molecule has 22 heavy (non-hydrogen) atoms. The fraction of sp³-hybridized carbons (Fsp3) is 0.867. The first kappa shape index (κ1) is 18.5. The molecule has 0 aromatic carbocycles. The first-order valence-corrected chi connectivity index (χ1v) is 7.64. The Balaban J connectivity index is 2.26. The fourth-order valence-electron chi connectivity index (χ4n) is 2.08. The lowest BCUT2D eigenvalue weighted by atomic mass is 10.1. The van der Waals surface area contributed by atoms with Crippen molar-refractivity contribution in [3.63, 3.8) is 0 Å². The van der Waals surface area contributed by atoms with Gasteiger partial charge in [0.15, 0.2) is 0 Å². The standard InChI is InChI=1S/C15H29N3O4/c1-14(2,3)21-12(19)17-8-10-7-11(9-16-10)18-13(20)22-15(4,5)6/h10-11,16H,7-9H2,1-6H3,(H,17,19)(H,18,20)/t10-,11-/m0/s1. The van der Waals surface area contributed by atoms with E-state index in [0.717, 1.165) is 6.42 Å². The summed E-state index contributed by atoms with van der Waals surface area (Å²) in [6.07, 6.45) is -0.118. The summed E-state index contributed by atoms with van der Waals surface area (Å²) in [5, 5.41) is 8.80. The molecule has 7 nitrogen and oxygen atoms in total. The number of ether oxygens (including phenoxy) is 2. The van der Waals surface area contributed by atoms with Crippen LogP contribution in [-0.2, 0) is 9.47 Å². The van der Waals surface area contributed by atoms with Crippen LogP contribution in [-0.4, -0.2) is 48.6 Å². The summed E-state index contributed by atoms with van der Waals surface area (Å²) in [5.74, 6) is 0. The zero-order valence-corrected chi connectivity index (χ0v) is 14.4. The average Bonchev–Trinajstić information content (AvgIpc) is 2.68. The summed E-state index contributed by atoms with van der Waals surface area (Å²) in [4.78, 5) is 23.3. The highest BCUT2D eigenvalue weighted by Gasteiger charge is 2.27. The van der Waals surface area contributed by atoms with Crippen molar-refractivity contribution in [3.8, 4) is 0 Å². The topological polar surface area (TPSA) is 88.7 Å². The number of alkyl carbamates (subject to hydrolysis) is 2. The monoisotopic (exact) mass is 315 g/mol. The molecule has 1 fully saturated rings. The Morgan fingerprint density at radius 1 is 1.05 bits per heavy atom. The van der Waals surface area contributed by atoms with Gasteiger partial charge in [-0.3, -0.25) is 0 Å². The van der Waals surface area contributed by atoms with Crippen LogP contribution in [0.15, 0.2) is 0 Å². The van der Waals surface area contributed by atoms with E-state index in [0.29, 0.717) is 13.1 Å². The number of amides is 2. The van der Waals surface area contributed by atoms with Crippen molar-refractivity contribution in [1.29, 1.82) is 0 Å². The Morgan fingerprint density at radius 3 is 2.14 bits per heavy atom. The molecule has 1 heterocycles. The molecular formula is C15H29N3O4. The molecule has 0 unspecified atom stereocenters. The van der Waals surface area contributed by atoms with E-state index in [1.54, 1.807) is 0 Å². The molecule has 0 aromatic rings. The second-order valence-electron chi connectivity index (χ2n) is 7.57. The van der Waals surface area contributed by atoms with Gasteiger partial charge >= 0.3 is 12.2 Å². The molecule has 1 rings (SSSR count). The van der Waals surface area contributed by atoms with Gasteiger partial charge in [-0.2, -0.15) is 0 Å². The van der Waals surface area contributed by atoms with Crippen LogP contribution >= 0.6 is 0 Å². The summed E-state index contributed by atoms with van der Waals surface area (Å²) < 4.78 is 10.4. The van der Waals surface area contributed by atoms with Gasteiger partial charge in [0.25, 0.3) is 0 Å². The first-order valence-electron chi connectivity index (χ1n) is 7.64. The third-order valence-electron chi connectivity index (χ3n) is 2.83. The third kappa shape index (κ3) is 8.07. The Morgan fingerprint density at radius 2 is 1.59 bits per heavy atom. The summed E-state index contributed by atoms with van der Waals surface area (Å²) in [7, 11) is 0. The molecule has 1 aliphatic heterocycles. The molecule has 0 aliphatic carbocycles. The van der Waals surface area contributed by atoms with Gasteiger partial charge in [0.1, 0.15) is 11.2 Å². The van der Waals surface area contributed by atoms with Crippen molar-refractivity contribution in [1.82, 2.24) is 16.0 Å². The van der Waals surface area contributed by atoms with Gasteiger partial charge in [-0.25, -0.2) is 9.59 Å². The van der Waals surface area contributed by atoms with Crippen LogP contribution in [0.2, 0.25) is 0 Å². The lowest BCUT2D eigenvalue weighted by Gasteiger charge is -2.22. The maximum absolute atomic E-state index is 11.7. The predicted molar refractivity (Wildman–Crippen MR) is 83.8 cm³/mol. The molecule has 0 aromatic heterocycles. The highest BCUT2D eigenvalue weighted by atomic mass is 16.6. The molecule has 2 atom stereocenters. The zero-order valence-electron chi connectivity index (χ0n) is 14.4. The van der Waals surface area contributed by atoms with Crippen LogP contribution in [0.1, 0.15) is 48.0 Å². The molecule has 0 saturated carbocycles. The number of hydrogen-bond acceptors (Lipinski definition) is 5. The van der Waals surface area contributed by atoms with Crippen LogP contribution in [0.4, 0.5) is 9.59 Å². The summed E-state index contributed by atoms with van der Waals surface area (Å²) >= 11 is 0. The van der Waals surface area contributed by atoms with Crippen molar-refractivity contribution in [2.24, 2.45) is 0 Å². The number of rotatable bonds is 3. The van der Waals surface area contributed by atoms with Crippen LogP contribution in [0.3, 0.4) is 0 Å². The van der Waals surface area contributed by atoms with Gasteiger partial charge < -0.3 is 25.4 Å². The van der Waals surface area contributed by atoms with Gasteiger partial charge in [-0.1, -0.05) is 0 Å². The van der Waals surface area contributed by atoms with E-state index >= 15 is 0 Å². The second-order valence-corrected chi connectivity index (χ2v) is 7.57. The van der Waals surface area contributed by atoms with Crippen LogP contribution in [0, 0.1) is 0 Å². The highest BCUT2D eigenvalue weighted by molar-refractivity contribution is 5.68. The number of hydrogen-bond donors (Lipinski definition) is 3. The van der Waals surface area contributed by atoms with Crippen LogP contribution in [0.5, 0.6) is 0 Å². The summed E-state index contributed by atoms with van der Waals surface area (Å²) in [6.45, 7) is 12.1. The van der Waals surface area contributed by atoms with Crippen LogP contribution < -0.4 is 16.0 Å². The molecule has 3 N–H and O–H groups in total. The number of nitrogens with one attached hydrogen (secondary N) is 3. The van der Waals surface area contributed by atoms with Gasteiger partial charge in [0.05, 0.1) is 0 Å².